The van der Waals surface area contributed by atoms with Gasteiger partial charge in [0, 0.05) is 31.1 Å². The molecule has 0 unspecified atom stereocenters. The Bertz CT molecular complexity index is 612. The molecule has 1 aromatic rings. The molecule has 1 amide bonds. The third kappa shape index (κ3) is 4.46. The van der Waals surface area contributed by atoms with E-state index in [0.717, 1.165) is 24.8 Å². The minimum atomic E-state index is -0.483. The number of amides is 1. The second kappa shape index (κ2) is 9.19. The molecule has 1 aromatic carbocycles. The molecule has 0 saturated heterocycles. The zero-order valence-electron chi connectivity index (χ0n) is 15.4. The summed E-state index contributed by atoms with van der Waals surface area (Å²) in [7, 11) is 0. The first-order chi connectivity index (χ1) is 12.7. The van der Waals surface area contributed by atoms with E-state index in [1.54, 1.807) is 0 Å². The highest BCUT2D eigenvalue weighted by Gasteiger charge is 2.38. The van der Waals surface area contributed by atoms with E-state index in [2.05, 4.69) is 17.4 Å². The summed E-state index contributed by atoms with van der Waals surface area (Å²) in [6.07, 6.45) is 6.14. The Morgan fingerprint density at radius 1 is 1.31 bits per heavy atom. The van der Waals surface area contributed by atoms with Gasteiger partial charge in [0.05, 0.1) is 0 Å². The lowest BCUT2D eigenvalue weighted by molar-refractivity contribution is -0.167. The lowest BCUT2D eigenvalue weighted by Gasteiger charge is -2.37. The van der Waals surface area contributed by atoms with Crippen LogP contribution in [0.4, 0.5) is 0 Å². The van der Waals surface area contributed by atoms with Crippen LogP contribution in [-0.2, 0) is 14.3 Å². The zero-order valence-corrected chi connectivity index (χ0v) is 15.4. The van der Waals surface area contributed by atoms with Gasteiger partial charge in [-0.1, -0.05) is 30.3 Å². The lowest BCUT2D eigenvalue weighted by Crippen LogP contribution is -2.43. The number of benzene rings is 1. The molecular weight excluding hydrogens is 330 g/mol. The van der Waals surface area contributed by atoms with Crippen LogP contribution in [0.1, 0.15) is 50.5 Å². The number of allylic oxidation sites excluding steroid dienone is 1. The molecule has 1 aliphatic carbocycles. The molecule has 0 bridgehead atoms. The fraction of sp³-hybridized carbons (Fsp3) is 0.571. The summed E-state index contributed by atoms with van der Waals surface area (Å²) in [5.41, 5.74) is 1.14. The van der Waals surface area contributed by atoms with E-state index in [4.69, 9.17) is 9.47 Å². The number of aliphatic hydroxyl groups is 1. The van der Waals surface area contributed by atoms with Gasteiger partial charge in [0.1, 0.15) is 0 Å². The number of aliphatic hydroxyl groups excluding tert-OH is 1. The molecule has 26 heavy (non-hydrogen) atoms. The second-order valence-corrected chi connectivity index (χ2v) is 7.04. The summed E-state index contributed by atoms with van der Waals surface area (Å²) in [5, 5.41) is 12.3. The van der Waals surface area contributed by atoms with Gasteiger partial charge in [0.25, 0.3) is 5.91 Å². The van der Waals surface area contributed by atoms with Crippen molar-refractivity contribution in [1.29, 1.82) is 0 Å². The van der Waals surface area contributed by atoms with Gasteiger partial charge < -0.3 is 19.9 Å². The molecule has 1 fully saturated rings. The minimum Gasteiger partial charge on any atom is -0.459 e. The Balaban J connectivity index is 1.86. The molecule has 0 spiro atoms. The van der Waals surface area contributed by atoms with Crippen LogP contribution in [0.25, 0.3) is 0 Å². The Labute approximate surface area is 155 Å². The highest BCUT2D eigenvalue weighted by atomic mass is 16.7. The molecular formula is C21H29NO4. The Kier molecular flexibility index (Phi) is 6.69. The number of hydrogen-bond acceptors (Lipinski definition) is 4. The molecule has 142 valence electrons. The van der Waals surface area contributed by atoms with Crippen LogP contribution in [0.5, 0.6) is 0 Å². The van der Waals surface area contributed by atoms with E-state index in [-0.39, 0.29) is 30.4 Å². The fourth-order valence-corrected chi connectivity index (χ4v) is 3.63. The molecule has 3 atom stereocenters. The largest absolute Gasteiger partial charge is 0.459 e. The summed E-state index contributed by atoms with van der Waals surface area (Å²) in [4.78, 5) is 12.6. The summed E-state index contributed by atoms with van der Waals surface area (Å²) in [6.45, 7) is 2.57. The number of nitrogens with one attached hydrogen (secondary N) is 1. The van der Waals surface area contributed by atoms with Gasteiger partial charge in [-0.3, -0.25) is 4.79 Å². The molecule has 1 aliphatic heterocycles. The normalized spacial score (nSPS) is 25.8. The van der Waals surface area contributed by atoms with Crippen molar-refractivity contribution in [3.8, 4) is 0 Å². The first-order valence-corrected chi connectivity index (χ1v) is 9.69. The van der Waals surface area contributed by atoms with Gasteiger partial charge in [-0.25, -0.2) is 0 Å². The molecule has 0 radical (unpaired) electrons. The third-order valence-electron chi connectivity index (χ3n) is 5.26. The third-order valence-corrected chi connectivity index (χ3v) is 5.26. The summed E-state index contributed by atoms with van der Waals surface area (Å²) < 4.78 is 11.8. The second-order valence-electron chi connectivity index (χ2n) is 7.04. The quantitative estimate of drug-likeness (QED) is 0.748. The van der Waals surface area contributed by atoms with Crippen LogP contribution in [0.2, 0.25) is 0 Å². The summed E-state index contributed by atoms with van der Waals surface area (Å²) >= 11 is 0. The average Bonchev–Trinajstić information content (AvgIpc) is 2.64. The molecule has 2 aliphatic rings. The van der Waals surface area contributed by atoms with Gasteiger partial charge in [-0.2, -0.15) is 0 Å². The summed E-state index contributed by atoms with van der Waals surface area (Å²) in [6, 6.07) is 10.4. The van der Waals surface area contributed by atoms with Gasteiger partial charge in [0.2, 0.25) is 6.29 Å². The van der Waals surface area contributed by atoms with Crippen LogP contribution < -0.4 is 5.32 Å². The minimum absolute atomic E-state index is 0.0233. The molecule has 5 heteroatoms. The Morgan fingerprint density at radius 3 is 2.69 bits per heavy atom. The van der Waals surface area contributed by atoms with E-state index in [9.17, 15) is 9.90 Å². The van der Waals surface area contributed by atoms with Gasteiger partial charge >= 0.3 is 0 Å². The Hall–Kier alpha value is -1.85. The predicted octanol–water partition coefficient (Wildman–Crippen LogP) is 3.10. The zero-order chi connectivity index (χ0) is 18.4. The van der Waals surface area contributed by atoms with E-state index >= 15 is 0 Å². The van der Waals surface area contributed by atoms with Crippen molar-refractivity contribution in [2.45, 2.75) is 57.3 Å². The maximum Gasteiger partial charge on any atom is 0.286 e. The molecule has 0 aromatic heterocycles. The topological polar surface area (TPSA) is 67.8 Å². The predicted molar refractivity (Wildman–Crippen MR) is 99.4 cm³/mol. The maximum absolute atomic E-state index is 12.6. The number of hydrogen-bond donors (Lipinski definition) is 2. The van der Waals surface area contributed by atoms with Crippen LogP contribution in [0.3, 0.4) is 0 Å². The Morgan fingerprint density at radius 2 is 2.08 bits per heavy atom. The fourth-order valence-electron chi connectivity index (χ4n) is 3.63. The average molecular weight is 359 g/mol. The van der Waals surface area contributed by atoms with Crippen molar-refractivity contribution >= 4 is 5.91 Å². The lowest BCUT2D eigenvalue weighted by atomic mass is 9.80. The van der Waals surface area contributed by atoms with Crippen LogP contribution >= 0.6 is 0 Å². The van der Waals surface area contributed by atoms with Crippen molar-refractivity contribution in [3.63, 3.8) is 0 Å². The highest BCUT2D eigenvalue weighted by Crippen LogP contribution is 2.39. The van der Waals surface area contributed by atoms with Crippen molar-refractivity contribution in [3.05, 3.63) is 47.7 Å². The van der Waals surface area contributed by atoms with Crippen LogP contribution in [0, 0.1) is 5.92 Å². The molecule has 5 nitrogen and oxygen atoms in total. The highest BCUT2D eigenvalue weighted by molar-refractivity contribution is 5.92. The molecule has 2 N–H and O–H groups in total. The van der Waals surface area contributed by atoms with Crippen molar-refractivity contribution in [1.82, 2.24) is 5.32 Å². The SMILES string of the molecule is CCO[C@@H]1OC(C(=O)NC2CCC2)=C[C@H](c2ccccc2)[C@@H]1CCCO. The van der Waals surface area contributed by atoms with Crippen molar-refractivity contribution < 1.29 is 19.4 Å². The van der Waals surface area contributed by atoms with E-state index < -0.39 is 6.29 Å². The summed E-state index contributed by atoms with van der Waals surface area (Å²) in [5.74, 6) is 0.283. The smallest absolute Gasteiger partial charge is 0.286 e. The molecule has 3 rings (SSSR count). The number of carbonyl (C=O) groups is 1. The van der Waals surface area contributed by atoms with Crippen molar-refractivity contribution in [2.24, 2.45) is 5.92 Å². The van der Waals surface area contributed by atoms with Crippen LogP contribution in [0.15, 0.2) is 42.2 Å². The number of carbonyl (C=O) groups excluding carboxylic acids is 1. The molecule has 1 heterocycles. The monoisotopic (exact) mass is 359 g/mol. The maximum atomic E-state index is 12.6. The molecule has 1 saturated carbocycles. The number of ether oxygens (including phenoxy) is 2. The van der Waals surface area contributed by atoms with Crippen molar-refractivity contribution in [2.75, 3.05) is 13.2 Å². The first kappa shape index (κ1) is 18.9. The van der Waals surface area contributed by atoms with Gasteiger partial charge in [-0.05, 0) is 50.7 Å². The van der Waals surface area contributed by atoms with Gasteiger partial charge in [-0.15, -0.1) is 0 Å². The number of rotatable bonds is 8. The van der Waals surface area contributed by atoms with E-state index in [0.29, 0.717) is 18.8 Å². The standard InChI is InChI=1S/C21H29NO4/c1-2-25-21-17(12-7-13-23)18(15-8-4-3-5-9-15)14-19(26-21)20(24)22-16-10-6-11-16/h3-5,8-9,14,16-18,21,23H,2,6-7,10-13H2,1H3,(H,22,24)/t17-,18+,21+/m0/s1. The van der Waals surface area contributed by atoms with Gasteiger partial charge in [0.15, 0.2) is 5.76 Å². The van der Waals surface area contributed by atoms with Crippen LogP contribution in [-0.4, -0.2) is 36.6 Å². The van der Waals surface area contributed by atoms with E-state index in [1.165, 1.54) is 6.42 Å². The van der Waals surface area contributed by atoms with E-state index in [1.807, 2.05) is 31.2 Å². The first-order valence-electron chi connectivity index (χ1n) is 9.69.